The van der Waals surface area contributed by atoms with Gasteiger partial charge in [-0.2, -0.15) is 0 Å². The summed E-state index contributed by atoms with van der Waals surface area (Å²) in [6, 6.07) is 9.80. The topological polar surface area (TPSA) is 51.8 Å². The molecule has 106 valence electrons. The van der Waals surface area contributed by atoms with E-state index in [4.69, 9.17) is 16.1 Å². The van der Waals surface area contributed by atoms with Crippen LogP contribution in [0.5, 0.6) is 0 Å². The Morgan fingerprint density at radius 3 is 2.43 bits per heavy atom. The summed E-state index contributed by atoms with van der Waals surface area (Å²) in [5.74, 6) is 1.18. The number of hydrogen-bond donors (Lipinski definition) is 0. The van der Waals surface area contributed by atoms with Crippen LogP contribution in [0.15, 0.2) is 39.3 Å². The van der Waals surface area contributed by atoms with E-state index in [1.807, 2.05) is 44.2 Å². The van der Waals surface area contributed by atoms with Crippen LogP contribution in [0.3, 0.4) is 0 Å². The fraction of sp³-hybridized carbons (Fsp3) is 0.133. The Kier molecular flexibility index (Phi) is 3.78. The van der Waals surface area contributed by atoms with Crippen molar-refractivity contribution in [3.8, 4) is 22.6 Å². The molecule has 6 heteroatoms. The van der Waals surface area contributed by atoms with Crippen LogP contribution in [0.25, 0.3) is 22.6 Å². The smallest absolute Gasteiger partial charge is 0.167 e. The Bertz CT molecular complexity index is 783. The van der Waals surface area contributed by atoms with E-state index in [2.05, 4.69) is 31.1 Å². The summed E-state index contributed by atoms with van der Waals surface area (Å²) in [5, 5.41) is 4.30. The molecule has 0 aliphatic carbocycles. The number of nitrogens with zero attached hydrogens (tertiary/aromatic N) is 3. The van der Waals surface area contributed by atoms with E-state index < -0.39 is 0 Å². The number of hydrogen-bond acceptors (Lipinski definition) is 4. The van der Waals surface area contributed by atoms with Gasteiger partial charge in [0.2, 0.25) is 0 Å². The highest BCUT2D eigenvalue weighted by molar-refractivity contribution is 9.10. The van der Waals surface area contributed by atoms with E-state index in [-0.39, 0.29) is 0 Å². The molecule has 0 saturated heterocycles. The van der Waals surface area contributed by atoms with Crippen molar-refractivity contribution in [2.24, 2.45) is 0 Å². The summed E-state index contributed by atoms with van der Waals surface area (Å²) in [6.45, 7) is 3.68. The second-order valence-electron chi connectivity index (χ2n) is 4.57. The number of benzene rings is 1. The number of halogens is 2. The highest BCUT2D eigenvalue weighted by Crippen LogP contribution is 2.34. The van der Waals surface area contributed by atoms with Crippen molar-refractivity contribution in [2.45, 2.75) is 13.8 Å². The lowest BCUT2D eigenvalue weighted by Gasteiger charge is -2.08. The Hall–Kier alpha value is -1.72. The molecule has 0 aliphatic rings. The standard InChI is InChI=1S/C15H11BrClN3O/c1-8-11(9(2)21-20-8)15-18-13(12(16)14(17)19-15)10-6-4-3-5-7-10/h3-7H,1-2H3. The normalized spacial score (nSPS) is 10.9. The highest BCUT2D eigenvalue weighted by atomic mass is 79.9. The molecule has 0 radical (unpaired) electrons. The van der Waals surface area contributed by atoms with Crippen LogP contribution < -0.4 is 0 Å². The van der Waals surface area contributed by atoms with Crippen LogP contribution in [0.1, 0.15) is 11.5 Å². The second-order valence-corrected chi connectivity index (χ2v) is 5.72. The molecule has 0 aliphatic heterocycles. The first-order valence-corrected chi connectivity index (χ1v) is 7.46. The average molecular weight is 365 g/mol. The molecule has 3 aromatic rings. The molecule has 0 atom stereocenters. The second kappa shape index (κ2) is 5.58. The van der Waals surface area contributed by atoms with Crippen LogP contribution >= 0.6 is 27.5 Å². The molecule has 0 unspecified atom stereocenters. The minimum absolute atomic E-state index is 0.360. The third kappa shape index (κ3) is 2.59. The van der Waals surface area contributed by atoms with Crippen LogP contribution in [-0.4, -0.2) is 15.1 Å². The van der Waals surface area contributed by atoms with E-state index in [0.717, 1.165) is 22.5 Å². The first kappa shape index (κ1) is 14.2. The summed E-state index contributed by atoms with van der Waals surface area (Å²) >= 11 is 9.70. The molecule has 0 amide bonds. The molecule has 0 bridgehead atoms. The average Bonchev–Trinajstić information content (AvgIpc) is 2.82. The maximum absolute atomic E-state index is 6.24. The van der Waals surface area contributed by atoms with E-state index in [9.17, 15) is 0 Å². The van der Waals surface area contributed by atoms with Gasteiger partial charge in [-0.15, -0.1) is 0 Å². The fourth-order valence-corrected chi connectivity index (χ4v) is 2.70. The molecule has 0 saturated carbocycles. The van der Waals surface area contributed by atoms with Gasteiger partial charge in [0.15, 0.2) is 5.82 Å². The van der Waals surface area contributed by atoms with Crippen LogP contribution in [0.4, 0.5) is 0 Å². The molecular weight excluding hydrogens is 354 g/mol. The first-order chi connectivity index (χ1) is 10.1. The van der Waals surface area contributed by atoms with Gasteiger partial charge in [-0.1, -0.05) is 47.1 Å². The third-order valence-electron chi connectivity index (χ3n) is 3.11. The summed E-state index contributed by atoms with van der Waals surface area (Å²) < 4.78 is 5.85. The van der Waals surface area contributed by atoms with E-state index in [1.54, 1.807) is 0 Å². The van der Waals surface area contributed by atoms with Gasteiger partial charge in [0.25, 0.3) is 0 Å². The summed E-state index contributed by atoms with van der Waals surface area (Å²) in [6.07, 6.45) is 0. The van der Waals surface area contributed by atoms with Crippen molar-refractivity contribution in [1.82, 2.24) is 15.1 Å². The van der Waals surface area contributed by atoms with Crippen molar-refractivity contribution in [1.29, 1.82) is 0 Å². The number of aryl methyl sites for hydroxylation is 2. The largest absolute Gasteiger partial charge is 0.361 e. The molecule has 0 N–H and O–H groups in total. The van der Waals surface area contributed by atoms with Gasteiger partial charge in [-0.3, -0.25) is 0 Å². The molecule has 4 nitrogen and oxygen atoms in total. The maximum Gasteiger partial charge on any atom is 0.167 e. The van der Waals surface area contributed by atoms with Crippen molar-refractivity contribution in [3.63, 3.8) is 0 Å². The zero-order valence-corrected chi connectivity index (χ0v) is 13.7. The molecule has 21 heavy (non-hydrogen) atoms. The zero-order chi connectivity index (χ0) is 15.0. The van der Waals surface area contributed by atoms with Crippen molar-refractivity contribution < 1.29 is 4.52 Å². The van der Waals surface area contributed by atoms with Crippen LogP contribution in [0.2, 0.25) is 5.15 Å². The van der Waals surface area contributed by atoms with Gasteiger partial charge >= 0.3 is 0 Å². The van der Waals surface area contributed by atoms with Crippen LogP contribution in [-0.2, 0) is 0 Å². The lowest BCUT2D eigenvalue weighted by atomic mass is 10.1. The number of aromatic nitrogens is 3. The van der Waals surface area contributed by atoms with E-state index in [1.165, 1.54) is 0 Å². The van der Waals surface area contributed by atoms with Gasteiger partial charge in [0.1, 0.15) is 10.9 Å². The fourth-order valence-electron chi connectivity index (χ4n) is 2.12. The van der Waals surface area contributed by atoms with Gasteiger partial charge < -0.3 is 4.52 Å². The van der Waals surface area contributed by atoms with Gasteiger partial charge in [-0.25, -0.2) is 9.97 Å². The molecule has 0 fully saturated rings. The van der Waals surface area contributed by atoms with Crippen LogP contribution in [0, 0.1) is 13.8 Å². The molecule has 1 aromatic carbocycles. The predicted octanol–water partition coefficient (Wildman–Crippen LogP) is 4.83. The van der Waals surface area contributed by atoms with Crippen molar-refractivity contribution in [3.05, 3.63) is 51.4 Å². The number of rotatable bonds is 2. The lowest BCUT2D eigenvalue weighted by molar-refractivity contribution is 0.393. The molecule has 3 rings (SSSR count). The van der Waals surface area contributed by atoms with Crippen molar-refractivity contribution >= 4 is 27.5 Å². The summed E-state index contributed by atoms with van der Waals surface area (Å²) in [7, 11) is 0. The Morgan fingerprint density at radius 2 is 1.81 bits per heavy atom. The van der Waals surface area contributed by atoms with E-state index in [0.29, 0.717) is 21.2 Å². The first-order valence-electron chi connectivity index (χ1n) is 6.29. The van der Waals surface area contributed by atoms with E-state index >= 15 is 0 Å². The van der Waals surface area contributed by atoms with Gasteiger partial charge in [-0.05, 0) is 29.8 Å². The minimum atomic E-state index is 0.360. The predicted molar refractivity (Wildman–Crippen MR) is 85.1 cm³/mol. The minimum Gasteiger partial charge on any atom is -0.361 e. The van der Waals surface area contributed by atoms with Gasteiger partial charge in [0.05, 0.1) is 21.4 Å². The molecular formula is C15H11BrClN3O. The Balaban J connectivity index is 2.24. The molecule has 2 aromatic heterocycles. The summed E-state index contributed by atoms with van der Waals surface area (Å²) in [4.78, 5) is 8.96. The monoisotopic (exact) mass is 363 g/mol. The Labute approximate surface area is 135 Å². The lowest BCUT2D eigenvalue weighted by Crippen LogP contribution is -1.96. The summed E-state index contributed by atoms with van der Waals surface area (Å²) in [5.41, 5.74) is 3.22. The van der Waals surface area contributed by atoms with Gasteiger partial charge in [0, 0.05) is 5.56 Å². The third-order valence-corrected chi connectivity index (χ3v) is 4.37. The zero-order valence-electron chi connectivity index (χ0n) is 11.4. The molecule has 0 spiro atoms. The SMILES string of the molecule is Cc1noc(C)c1-c1nc(Cl)c(Br)c(-c2ccccc2)n1. The van der Waals surface area contributed by atoms with Crippen molar-refractivity contribution in [2.75, 3.05) is 0 Å². The molecule has 2 heterocycles. The highest BCUT2D eigenvalue weighted by Gasteiger charge is 2.19. The quantitative estimate of drug-likeness (QED) is 0.611. The Morgan fingerprint density at radius 1 is 1.10 bits per heavy atom. The maximum atomic E-state index is 6.24.